The molecule has 0 atom stereocenters. The Balaban J connectivity index is 1.98. The predicted octanol–water partition coefficient (Wildman–Crippen LogP) is 6.61. The highest BCUT2D eigenvalue weighted by Gasteiger charge is 2.62. The summed E-state index contributed by atoms with van der Waals surface area (Å²) in [5.74, 6) is -16.6. The van der Waals surface area contributed by atoms with Crippen LogP contribution in [0, 0.1) is 58.6 Å². The van der Waals surface area contributed by atoms with Crippen LogP contribution >= 0.6 is 0 Å². The lowest BCUT2D eigenvalue weighted by molar-refractivity contribution is -0.0464. The second kappa shape index (κ2) is 7.75. The molecule has 4 aliphatic rings. The third kappa shape index (κ3) is 2.74. The molecule has 34 heavy (non-hydrogen) atoms. The third-order valence-corrected chi connectivity index (χ3v) is 8.31. The van der Waals surface area contributed by atoms with Gasteiger partial charge in [0.1, 0.15) is 13.3 Å². The number of rotatable bonds is 4. The van der Waals surface area contributed by atoms with E-state index in [1.54, 1.807) is 0 Å². The molecule has 0 unspecified atom stereocenters. The van der Waals surface area contributed by atoms with E-state index >= 15 is 8.78 Å². The maximum atomic E-state index is 15.5. The number of phenolic OH excluding ortho intramolecular Hbond substituents is 2. The number of benzene rings is 2. The highest BCUT2D eigenvalue weighted by Crippen LogP contribution is 2.67. The molecule has 4 aliphatic carbocycles. The van der Waals surface area contributed by atoms with Crippen molar-refractivity contribution in [3.8, 4) is 11.5 Å². The van der Waals surface area contributed by atoms with E-state index in [9.17, 15) is 36.6 Å². The van der Waals surface area contributed by atoms with Crippen molar-refractivity contribution in [2.24, 2.45) is 23.7 Å². The molecule has 2 N–H and O–H groups in total. The van der Waals surface area contributed by atoms with Gasteiger partial charge in [0.15, 0.2) is 34.8 Å². The first-order valence-corrected chi connectivity index (χ1v) is 11.0. The van der Waals surface area contributed by atoms with Gasteiger partial charge < -0.3 is 10.2 Å². The molecule has 0 spiro atoms. The summed E-state index contributed by atoms with van der Waals surface area (Å²) >= 11 is 0. The quantitative estimate of drug-likeness (QED) is 0.372. The molecule has 4 saturated carbocycles. The number of aromatic hydroxyl groups is 2. The fourth-order valence-electron chi connectivity index (χ4n) is 7.37. The maximum absolute atomic E-state index is 15.5. The highest BCUT2D eigenvalue weighted by molar-refractivity contribution is 5.56. The first kappa shape index (κ1) is 23.2. The van der Waals surface area contributed by atoms with E-state index < -0.39 is 99.3 Å². The summed E-state index contributed by atoms with van der Waals surface area (Å²) in [6, 6.07) is 0. The Morgan fingerprint density at radius 1 is 0.559 bits per heavy atom. The van der Waals surface area contributed by atoms with Crippen LogP contribution in [0.4, 0.5) is 35.1 Å². The lowest BCUT2D eigenvalue weighted by Crippen LogP contribution is -2.57. The van der Waals surface area contributed by atoms with Crippen LogP contribution in [0.5, 0.6) is 11.5 Å². The molecular weight excluding hydrogens is 472 g/mol. The van der Waals surface area contributed by atoms with E-state index in [0.29, 0.717) is 0 Å². The van der Waals surface area contributed by atoms with Crippen molar-refractivity contribution in [2.45, 2.75) is 50.9 Å². The van der Waals surface area contributed by atoms with Crippen molar-refractivity contribution in [3.05, 3.63) is 57.2 Å². The Morgan fingerprint density at radius 2 is 0.912 bits per heavy atom. The minimum atomic E-state index is -2.21. The minimum Gasteiger partial charge on any atom is -0.503 e. The fourth-order valence-corrected chi connectivity index (χ4v) is 7.37. The van der Waals surface area contributed by atoms with Crippen molar-refractivity contribution in [1.82, 2.24) is 0 Å². The van der Waals surface area contributed by atoms with E-state index in [4.69, 9.17) is 0 Å². The summed E-state index contributed by atoms with van der Waals surface area (Å²) in [5, 5.41) is 19.3. The van der Waals surface area contributed by atoms with E-state index in [2.05, 4.69) is 0 Å². The van der Waals surface area contributed by atoms with E-state index in [0.717, 1.165) is 6.42 Å². The molecule has 0 radical (unpaired) electrons. The van der Waals surface area contributed by atoms with Crippen LogP contribution in [0.25, 0.3) is 0 Å². The van der Waals surface area contributed by atoms with E-state index in [1.165, 1.54) is 0 Å². The largest absolute Gasteiger partial charge is 0.503 e. The first-order valence-electron chi connectivity index (χ1n) is 11.0. The maximum Gasteiger partial charge on any atom is 0.203 e. The lowest BCUT2D eigenvalue weighted by atomic mass is 9.41. The molecule has 6 rings (SSSR count). The molecule has 10 heteroatoms. The van der Waals surface area contributed by atoms with Crippen molar-refractivity contribution in [2.75, 3.05) is 0 Å². The molecule has 4 fully saturated rings. The zero-order valence-electron chi connectivity index (χ0n) is 17.7. The summed E-state index contributed by atoms with van der Waals surface area (Å²) in [7, 11) is 0. The lowest BCUT2D eigenvalue weighted by Gasteiger charge is -2.62. The van der Waals surface area contributed by atoms with Gasteiger partial charge in [-0.25, -0.2) is 26.3 Å². The SMILES string of the molecule is Oc1c(F)c(F)c(C2(c3c(F)c(F)c(O)c(F)c3CF)C3CC4CC(C3)CC2C4)c(CF)c1F. The van der Waals surface area contributed by atoms with Gasteiger partial charge in [-0.3, -0.25) is 0 Å². The molecule has 0 amide bonds. The molecular formula is C24H20F8O2. The van der Waals surface area contributed by atoms with Gasteiger partial charge >= 0.3 is 0 Å². The highest BCUT2D eigenvalue weighted by atomic mass is 19.2. The summed E-state index contributed by atoms with van der Waals surface area (Å²) < 4.78 is 118. The van der Waals surface area contributed by atoms with Crippen LogP contribution in [0.2, 0.25) is 0 Å². The normalized spacial score (nSPS) is 26.9. The van der Waals surface area contributed by atoms with Crippen molar-refractivity contribution in [3.63, 3.8) is 0 Å². The average Bonchev–Trinajstić information content (AvgIpc) is 2.81. The summed E-state index contributed by atoms with van der Waals surface area (Å²) in [4.78, 5) is 0. The predicted molar refractivity (Wildman–Crippen MR) is 103 cm³/mol. The number of phenols is 2. The Bertz CT molecular complexity index is 1090. The zero-order chi connectivity index (χ0) is 24.7. The zero-order valence-corrected chi connectivity index (χ0v) is 17.7. The second-order valence-corrected chi connectivity index (χ2v) is 9.73. The molecule has 0 saturated heterocycles. The minimum absolute atomic E-state index is 0.0722. The number of alkyl halides is 2. The number of hydrogen-bond acceptors (Lipinski definition) is 2. The topological polar surface area (TPSA) is 40.5 Å². The Hall–Kier alpha value is -2.52. The molecule has 2 aromatic rings. The van der Waals surface area contributed by atoms with Crippen molar-refractivity contribution in [1.29, 1.82) is 0 Å². The van der Waals surface area contributed by atoms with E-state index in [1.807, 2.05) is 0 Å². The van der Waals surface area contributed by atoms with Crippen LogP contribution in [0.15, 0.2) is 0 Å². The molecule has 2 aromatic carbocycles. The van der Waals surface area contributed by atoms with Crippen LogP contribution in [-0.2, 0) is 18.8 Å². The standard InChI is InChI=1S/C24H20F8O2/c25-6-12-14(18(29)20(31)22(33)16(12)27)24(10-2-8-1-9(4-10)5-11(24)3-8)15-13(7-26)17(28)23(34)21(32)19(15)30/h8-11,33-34H,1-7H2. The van der Waals surface area contributed by atoms with Gasteiger partial charge in [0.05, 0.1) is 0 Å². The van der Waals surface area contributed by atoms with Gasteiger partial charge in [-0.15, -0.1) is 0 Å². The molecule has 184 valence electrons. The Morgan fingerprint density at radius 3 is 1.24 bits per heavy atom. The second-order valence-electron chi connectivity index (χ2n) is 9.73. The molecule has 0 heterocycles. The number of halogens is 8. The van der Waals surface area contributed by atoms with Crippen LogP contribution in [0.3, 0.4) is 0 Å². The molecule has 2 nitrogen and oxygen atoms in total. The van der Waals surface area contributed by atoms with Gasteiger partial charge in [0, 0.05) is 27.7 Å². The van der Waals surface area contributed by atoms with Crippen LogP contribution in [-0.4, -0.2) is 10.2 Å². The van der Waals surface area contributed by atoms with Gasteiger partial charge in [-0.05, 0) is 55.8 Å². The third-order valence-electron chi connectivity index (χ3n) is 8.31. The summed E-state index contributed by atoms with van der Waals surface area (Å²) in [6.45, 7) is -3.48. The fraction of sp³-hybridized carbons (Fsp3) is 0.500. The van der Waals surface area contributed by atoms with Gasteiger partial charge in [-0.1, -0.05) is 0 Å². The summed E-state index contributed by atoms with van der Waals surface area (Å²) in [5.41, 5.74) is -6.41. The average molecular weight is 492 g/mol. The van der Waals surface area contributed by atoms with Crippen molar-refractivity contribution >= 4 is 0 Å². The Kier molecular flexibility index (Phi) is 5.29. The van der Waals surface area contributed by atoms with Crippen LogP contribution in [0.1, 0.15) is 54.4 Å². The Labute approximate surface area is 189 Å². The molecule has 0 aromatic heterocycles. The van der Waals surface area contributed by atoms with E-state index in [-0.39, 0.29) is 37.5 Å². The monoisotopic (exact) mass is 492 g/mol. The molecule has 4 bridgehead atoms. The smallest absolute Gasteiger partial charge is 0.203 e. The van der Waals surface area contributed by atoms with Crippen molar-refractivity contribution < 1.29 is 45.3 Å². The van der Waals surface area contributed by atoms with Crippen LogP contribution < -0.4 is 0 Å². The van der Waals surface area contributed by atoms with Gasteiger partial charge in [-0.2, -0.15) is 8.78 Å². The van der Waals surface area contributed by atoms with Gasteiger partial charge in [0.2, 0.25) is 11.6 Å². The number of hydrogen-bond donors (Lipinski definition) is 2. The summed E-state index contributed by atoms with van der Waals surface area (Å²) in [6.07, 6.45) is 1.85. The first-order chi connectivity index (χ1) is 16.1. The van der Waals surface area contributed by atoms with Gasteiger partial charge in [0.25, 0.3) is 0 Å². The molecule has 0 aliphatic heterocycles.